The van der Waals surface area contributed by atoms with Crippen LogP contribution in [0, 0.1) is 11.8 Å². The fourth-order valence-corrected chi connectivity index (χ4v) is 3.17. The van der Waals surface area contributed by atoms with Gasteiger partial charge in [0.2, 0.25) is 10.0 Å². The standard InChI is InChI=1S/C11H12N2O3S/c14-8-2-5-10-4-1-6-11(12-10)13-7-3-9-17(13,15)16/h1,4,6,14H,3,7-9H2. The van der Waals surface area contributed by atoms with E-state index in [1.165, 1.54) is 4.31 Å². The van der Waals surface area contributed by atoms with Crippen molar-refractivity contribution in [3.05, 3.63) is 23.9 Å². The van der Waals surface area contributed by atoms with Gasteiger partial charge in [0.05, 0.1) is 5.75 Å². The monoisotopic (exact) mass is 252 g/mol. The third-order valence-corrected chi connectivity index (χ3v) is 4.23. The Labute approximate surface area is 100 Å². The number of pyridine rings is 1. The Morgan fingerprint density at radius 2 is 2.29 bits per heavy atom. The molecule has 0 unspecified atom stereocenters. The molecule has 0 spiro atoms. The van der Waals surface area contributed by atoms with E-state index in [-0.39, 0.29) is 12.4 Å². The first-order chi connectivity index (χ1) is 8.13. The third kappa shape index (κ3) is 2.57. The van der Waals surface area contributed by atoms with Crippen molar-refractivity contribution in [3.8, 4) is 11.8 Å². The first-order valence-electron chi connectivity index (χ1n) is 5.21. The molecular weight excluding hydrogens is 240 g/mol. The lowest BCUT2D eigenvalue weighted by atomic mass is 10.3. The minimum Gasteiger partial charge on any atom is -0.384 e. The first kappa shape index (κ1) is 11.9. The van der Waals surface area contributed by atoms with Gasteiger partial charge in [-0.1, -0.05) is 12.0 Å². The van der Waals surface area contributed by atoms with E-state index >= 15 is 0 Å². The maximum Gasteiger partial charge on any atom is 0.236 e. The van der Waals surface area contributed by atoms with Crippen LogP contribution in [0.25, 0.3) is 0 Å². The summed E-state index contributed by atoms with van der Waals surface area (Å²) < 4.78 is 24.7. The smallest absolute Gasteiger partial charge is 0.236 e. The Kier molecular flexibility index (Phi) is 3.31. The molecule has 0 bridgehead atoms. The van der Waals surface area contributed by atoms with Crippen molar-refractivity contribution < 1.29 is 13.5 Å². The van der Waals surface area contributed by atoms with Crippen LogP contribution < -0.4 is 4.31 Å². The Hall–Kier alpha value is -1.58. The zero-order valence-electron chi connectivity index (χ0n) is 9.13. The van der Waals surface area contributed by atoms with Gasteiger partial charge in [0.1, 0.15) is 18.1 Å². The van der Waals surface area contributed by atoms with Gasteiger partial charge < -0.3 is 5.11 Å². The molecule has 1 aliphatic heterocycles. The SMILES string of the molecule is O=S1(=O)CCCN1c1cccc(C#CCO)n1. The molecule has 17 heavy (non-hydrogen) atoms. The zero-order chi connectivity index (χ0) is 12.3. The first-order valence-corrected chi connectivity index (χ1v) is 6.81. The molecule has 0 saturated carbocycles. The molecule has 5 nitrogen and oxygen atoms in total. The molecule has 0 radical (unpaired) electrons. The molecule has 0 amide bonds. The summed E-state index contributed by atoms with van der Waals surface area (Å²) in [6.07, 6.45) is 0.622. The van der Waals surface area contributed by atoms with Crippen molar-refractivity contribution in [2.75, 3.05) is 23.2 Å². The maximum atomic E-state index is 11.7. The average molecular weight is 252 g/mol. The fourth-order valence-electron chi connectivity index (χ4n) is 1.66. The van der Waals surface area contributed by atoms with Crippen LogP contribution in [-0.2, 0) is 10.0 Å². The minimum absolute atomic E-state index is 0.168. The molecule has 0 atom stereocenters. The number of sulfonamides is 1. The van der Waals surface area contributed by atoms with Crippen LogP contribution in [-0.4, -0.2) is 37.4 Å². The summed E-state index contributed by atoms with van der Waals surface area (Å²) in [6.45, 7) is 0.222. The van der Waals surface area contributed by atoms with Crippen molar-refractivity contribution in [2.24, 2.45) is 0 Å². The van der Waals surface area contributed by atoms with Crippen LogP contribution in [0.4, 0.5) is 5.82 Å². The number of hydrogen-bond donors (Lipinski definition) is 1. The molecule has 90 valence electrons. The molecular formula is C11H12N2O3S. The van der Waals surface area contributed by atoms with Gasteiger partial charge in [-0.2, -0.15) is 0 Å². The molecule has 1 saturated heterocycles. The zero-order valence-corrected chi connectivity index (χ0v) is 9.94. The second-order valence-electron chi connectivity index (χ2n) is 3.58. The van der Waals surface area contributed by atoms with Gasteiger partial charge in [-0.05, 0) is 24.5 Å². The van der Waals surface area contributed by atoms with Gasteiger partial charge in [0, 0.05) is 6.54 Å². The summed E-state index contributed by atoms with van der Waals surface area (Å²) in [5, 5.41) is 8.58. The van der Waals surface area contributed by atoms with Gasteiger partial charge in [-0.25, -0.2) is 13.4 Å². The lowest BCUT2D eigenvalue weighted by Gasteiger charge is -2.15. The van der Waals surface area contributed by atoms with Gasteiger partial charge in [-0.3, -0.25) is 4.31 Å². The van der Waals surface area contributed by atoms with Crippen LogP contribution in [0.1, 0.15) is 12.1 Å². The van der Waals surface area contributed by atoms with E-state index in [0.717, 1.165) is 0 Å². The molecule has 1 aromatic heterocycles. The minimum atomic E-state index is -3.20. The molecule has 6 heteroatoms. The quantitative estimate of drug-likeness (QED) is 0.712. The number of aliphatic hydroxyl groups excluding tert-OH is 1. The molecule has 2 heterocycles. The third-order valence-electron chi connectivity index (χ3n) is 2.38. The molecule has 1 aromatic rings. The number of aromatic nitrogens is 1. The van der Waals surface area contributed by atoms with E-state index in [1.54, 1.807) is 18.2 Å². The highest BCUT2D eigenvalue weighted by atomic mass is 32.2. The maximum absolute atomic E-state index is 11.7. The summed E-state index contributed by atoms with van der Waals surface area (Å²) in [7, 11) is -3.20. The van der Waals surface area contributed by atoms with Crippen molar-refractivity contribution in [1.82, 2.24) is 4.98 Å². The predicted octanol–water partition coefficient (Wildman–Crippen LogP) is -0.0347. The van der Waals surface area contributed by atoms with Crippen LogP contribution in [0.2, 0.25) is 0 Å². The summed E-state index contributed by atoms with van der Waals surface area (Å²) in [5.41, 5.74) is 0.457. The largest absolute Gasteiger partial charge is 0.384 e. The number of nitrogens with zero attached hydrogens (tertiary/aromatic N) is 2. The van der Waals surface area contributed by atoms with Crippen molar-refractivity contribution in [1.29, 1.82) is 0 Å². The summed E-state index contributed by atoms with van der Waals surface area (Å²) in [4.78, 5) is 4.15. The van der Waals surface area contributed by atoms with Gasteiger partial charge in [0.25, 0.3) is 0 Å². The Bertz CT molecular complexity index is 572. The predicted molar refractivity (Wildman–Crippen MR) is 64.0 cm³/mol. The molecule has 0 aliphatic carbocycles. The highest BCUT2D eigenvalue weighted by molar-refractivity contribution is 7.93. The van der Waals surface area contributed by atoms with Crippen LogP contribution >= 0.6 is 0 Å². The molecule has 1 aliphatic rings. The average Bonchev–Trinajstić information content (AvgIpc) is 2.67. The second kappa shape index (κ2) is 4.73. The van der Waals surface area contributed by atoms with Crippen LogP contribution in [0.3, 0.4) is 0 Å². The molecule has 1 fully saturated rings. The normalized spacial score (nSPS) is 17.6. The summed E-state index contributed by atoms with van der Waals surface area (Å²) in [5.74, 6) is 5.69. The van der Waals surface area contributed by atoms with Gasteiger partial charge in [0.15, 0.2) is 0 Å². The lowest BCUT2D eigenvalue weighted by molar-refractivity contribution is 0.350. The van der Waals surface area contributed by atoms with Crippen molar-refractivity contribution in [2.45, 2.75) is 6.42 Å². The van der Waals surface area contributed by atoms with Crippen molar-refractivity contribution in [3.63, 3.8) is 0 Å². The van der Waals surface area contributed by atoms with E-state index in [0.29, 0.717) is 24.5 Å². The fraction of sp³-hybridized carbons (Fsp3) is 0.364. The Morgan fingerprint density at radius 3 is 2.94 bits per heavy atom. The molecule has 0 aromatic carbocycles. The highest BCUT2D eigenvalue weighted by Crippen LogP contribution is 2.21. The summed E-state index contributed by atoms with van der Waals surface area (Å²) >= 11 is 0. The topological polar surface area (TPSA) is 70.5 Å². The van der Waals surface area contributed by atoms with E-state index < -0.39 is 10.0 Å². The highest BCUT2D eigenvalue weighted by Gasteiger charge is 2.29. The van der Waals surface area contributed by atoms with E-state index in [2.05, 4.69) is 16.8 Å². The van der Waals surface area contributed by atoms with E-state index in [1.807, 2.05) is 0 Å². The summed E-state index contributed by atoms with van der Waals surface area (Å²) in [6, 6.07) is 5.03. The molecule has 2 rings (SSSR count). The van der Waals surface area contributed by atoms with E-state index in [9.17, 15) is 8.42 Å². The molecule has 1 N–H and O–H groups in total. The Morgan fingerprint density at radius 1 is 1.47 bits per heavy atom. The number of anilines is 1. The van der Waals surface area contributed by atoms with Crippen LogP contribution in [0.5, 0.6) is 0 Å². The second-order valence-corrected chi connectivity index (χ2v) is 5.60. The van der Waals surface area contributed by atoms with Crippen molar-refractivity contribution >= 4 is 15.8 Å². The number of hydrogen-bond acceptors (Lipinski definition) is 4. The van der Waals surface area contributed by atoms with Gasteiger partial charge in [-0.15, -0.1) is 0 Å². The number of rotatable bonds is 1. The van der Waals surface area contributed by atoms with Gasteiger partial charge >= 0.3 is 0 Å². The van der Waals surface area contributed by atoms with E-state index in [4.69, 9.17) is 5.11 Å². The number of aliphatic hydroxyl groups is 1. The Balaban J connectivity index is 2.34. The lowest BCUT2D eigenvalue weighted by Crippen LogP contribution is -2.26. The van der Waals surface area contributed by atoms with Crippen LogP contribution in [0.15, 0.2) is 18.2 Å².